The zero-order valence-electron chi connectivity index (χ0n) is 21.0. The lowest BCUT2D eigenvalue weighted by molar-refractivity contribution is 0.0943. The van der Waals surface area contributed by atoms with E-state index in [9.17, 15) is 9.59 Å². The van der Waals surface area contributed by atoms with E-state index in [4.69, 9.17) is 0 Å². The van der Waals surface area contributed by atoms with Crippen LogP contribution in [0.15, 0.2) is 106 Å². The lowest BCUT2D eigenvalue weighted by atomic mass is 10.1. The fourth-order valence-corrected chi connectivity index (χ4v) is 7.69. The molecule has 198 valence electrons. The summed E-state index contributed by atoms with van der Waals surface area (Å²) in [7, 11) is 3.19. The van der Waals surface area contributed by atoms with E-state index in [-0.39, 0.29) is 11.8 Å². The van der Waals surface area contributed by atoms with Crippen LogP contribution in [-0.2, 0) is 13.1 Å². The van der Waals surface area contributed by atoms with Crippen LogP contribution in [-0.4, -0.2) is 21.8 Å². The highest BCUT2D eigenvalue weighted by molar-refractivity contribution is 8.76. The fourth-order valence-electron chi connectivity index (χ4n) is 4.10. The van der Waals surface area contributed by atoms with Gasteiger partial charge in [0.15, 0.2) is 0 Å². The second-order valence-electron chi connectivity index (χ2n) is 8.79. The van der Waals surface area contributed by atoms with Crippen LogP contribution in [0.4, 0.5) is 0 Å². The SMILES string of the molecule is O=C(NCc1cccs1)c1cnc2c(SSc3cccc4cc(C(=O)NCc5cccs5)cnc34)cccc2c1. The molecule has 0 aliphatic carbocycles. The van der Waals surface area contributed by atoms with Crippen LogP contribution in [0.2, 0.25) is 0 Å². The van der Waals surface area contributed by atoms with Gasteiger partial charge in [0.05, 0.1) is 35.2 Å². The van der Waals surface area contributed by atoms with Gasteiger partial charge in [-0.05, 0) is 47.2 Å². The molecule has 0 saturated carbocycles. The molecule has 40 heavy (non-hydrogen) atoms. The Hall–Kier alpha value is -3.70. The molecule has 0 bridgehead atoms. The lowest BCUT2D eigenvalue weighted by Gasteiger charge is -2.09. The number of benzene rings is 2. The molecule has 2 aromatic carbocycles. The van der Waals surface area contributed by atoms with Crippen LogP contribution in [0.3, 0.4) is 0 Å². The smallest absolute Gasteiger partial charge is 0.253 e. The minimum atomic E-state index is -0.142. The number of nitrogens with zero attached hydrogens (tertiary/aromatic N) is 2. The van der Waals surface area contributed by atoms with Crippen molar-refractivity contribution in [2.45, 2.75) is 22.9 Å². The van der Waals surface area contributed by atoms with Crippen LogP contribution in [0.1, 0.15) is 30.5 Å². The number of thiophene rings is 2. The lowest BCUT2D eigenvalue weighted by Crippen LogP contribution is -2.22. The molecule has 0 unspecified atom stereocenters. The summed E-state index contributed by atoms with van der Waals surface area (Å²) in [4.78, 5) is 38.8. The summed E-state index contributed by atoms with van der Waals surface area (Å²) in [6, 6.07) is 23.6. The number of nitrogens with one attached hydrogen (secondary N) is 2. The molecule has 0 aliphatic rings. The van der Waals surface area contributed by atoms with E-state index in [0.29, 0.717) is 24.2 Å². The zero-order chi connectivity index (χ0) is 27.3. The fraction of sp³-hybridized carbons (Fsp3) is 0.0667. The first kappa shape index (κ1) is 26.5. The van der Waals surface area contributed by atoms with E-state index in [1.54, 1.807) is 56.7 Å². The summed E-state index contributed by atoms with van der Waals surface area (Å²) in [6.45, 7) is 1.00. The third-order valence-corrected chi connectivity index (χ3v) is 10.3. The third-order valence-electron chi connectivity index (χ3n) is 6.10. The summed E-state index contributed by atoms with van der Waals surface area (Å²) >= 11 is 3.23. The van der Waals surface area contributed by atoms with Gasteiger partial charge in [-0.15, -0.1) is 22.7 Å². The van der Waals surface area contributed by atoms with Crippen LogP contribution in [0.25, 0.3) is 21.8 Å². The molecule has 0 atom stereocenters. The molecule has 2 N–H and O–H groups in total. The predicted octanol–water partition coefficient (Wildman–Crippen LogP) is 7.57. The number of hydrogen-bond donors (Lipinski definition) is 2. The highest BCUT2D eigenvalue weighted by Crippen LogP contribution is 2.42. The standard InChI is InChI=1S/C30H22N4O2S4/c35-29(33-17-23-7-3-11-37-23)21-13-19-5-1-9-25(27(19)31-15-21)39-40-26-10-2-6-20-14-22(16-32-28(20)26)30(36)34-18-24-8-4-12-38-24/h1-16H,17-18H2,(H,33,35)(H,34,36). The molecule has 0 saturated heterocycles. The number of carbonyl (C=O) groups excluding carboxylic acids is 2. The predicted molar refractivity (Wildman–Crippen MR) is 166 cm³/mol. The normalized spacial score (nSPS) is 11.1. The molecule has 6 nitrogen and oxygen atoms in total. The van der Waals surface area contributed by atoms with Crippen LogP contribution >= 0.6 is 44.3 Å². The number of amides is 2. The summed E-state index contributed by atoms with van der Waals surface area (Å²) in [5.74, 6) is -0.284. The molecular formula is C30H22N4O2S4. The highest BCUT2D eigenvalue weighted by atomic mass is 33.1. The van der Waals surface area contributed by atoms with Crippen molar-refractivity contribution in [3.63, 3.8) is 0 Å². The van der Waals surface area contributed by atoms with Crippen molar-refractivity contribution in [1.29, 1.82) is 0 Å². The number of rotatable bonds is 9. The van der Waals surface area contributed by atoms with Crippen LogP contribution in [0, 0.1) is 0 Å². The molecule has 10 heteroatoms. The molecule has 6 rings (SSSR count). The topological polar surface area (TPSA) is 84.0 Å². The van der Waals surface area contributed by atoms with Crippen molar-refractivity contribution in [1.82, 2.24) is 20.6 Å². The summed E-state index contributed by atoms with van der Waals surface area (Å²) in [5, 5.41) is 11.7. The Morgan fingerprint density at radius 2 is 1.12 bits per heavy atom. The van der Waals surface area contributed by atoms with Gasteiger partial charge in [0.2, 0.25) is 0 Å². The number of para-hydroxylation sites is 2. The first-order valence-corrected chi connectivity index (χ1v) is 16.3. The first-order chi connectivity index (χ1) is 19.6. The third kappa shape index (κ3) is 6.05. The van der Waals surface area contributed by atoms with Gasteiger partial charge in [-0.2, -0.15) is 0 Å². The van der Waals surface area contributed by atoms with Gasteiger partial charge < -0.3 is 10.6 Å². The molecule has 0 aliphatic heterocycles. The molecule has 0 fully saturated rings. The van der Waals surface area contributed by atoms with Crippen molar-refractivity contribution in [3.05, 3.63) is 117 Å². The van der Waals surface area contributed by atoms with E-state index in [1.807, 2.05) is 83.6 Å². The average Bonchev–Trinajstić information content (AvgIpc) is 3.72. The van der Waals surface area contributed by atoms with Crippen LogP contribution < -0.4 is 10.6 Å². The maximum absolute atomic E-state index is 12.7. The van der Waals surface area contributed by atoms with E-state index in [1.165, 1.54) is 0 Å². The Bertz CT molecular complexity index is 1670. The highest BCUT2D eigenvalue weighted by Gasteiger charge is 2.13. The van der Waals surface area contributed by atoms with E-state index in [0.717, 1.165) is 41.4 Å². The van der Waals surface area contributed by atoms with E-state index >= 15 is 0 Å². The van der Waals surface area contributed by atoms with Gasteiger partial charge in [0.25, 0.3) is 11.8 Å². The molecule has 2 amide bonds. The van der Waals surface area contributed by atoms with E-state index in [2.05, 4.69) is 20.6 Å². The Morgan fingerprint density at radius 1 is 0.650 bits per heavy atom. The van der Waals surface area contributed by atoms with Crippen LogP contribution in [0.5, 0.6) is 0 Å². The van der Waals surface area contributed by atoms with Gasteiger partial charge in [0.1, 0.15) is 0 Å². The number of aromatic nitrogens is 2. The minimum Gasteiger partial charge on any atom is -0.347 e. The zero-order valence-corrected chi connectivity index (χ0v) is 24.3. The molecule has 0 radical (unpaired) electrons. The number of carbonyl (C=O) groups is 2. The molecule has 6 aromatic rings. The Morgan fingerprint density at radius 3 is 1.55 bits per heavy atom. The Labute approximate surface area is 246 Å². The molecular weight excluding hydrogens is 577 g/mol. The number of pyridine rings is 2. The van der Waals surface area contributed by atoms with Gasteiger partial charge in [-0.3, -0.25) is 19.6 Å². The van der Waals surface area contributed by atoms with Crippen molar-refractivity contribution in [3.8, 4) is 0 Å². The first-order valence-electron chi connectivity index (χ1n) is 12.4. The van der Waals surface area contributed by atoms with Gasteiger partial charge >= 0.3 is 0 Å². The number of fused-ring (bicyclic) bond motifs is 2. The quantitative estimate of drug-likeness (QED) is 0.167. The molecule has 4 aromatic heterocycles. The van der Waals surface area contributed by atoms with Gasteiger partial charge in [-0.1, -0.05) is 58.0 Å². The second kappa shape index (κ2) is 12.2. The van der Waals surface area contributed by atoms with Crippen molar-refractivity contribution < 1.29 is 9.59 Å². The van der Waals surface area contributed by atoms with E-state index < -0.39 is 0 Å². The summed E-state index contributed by atoms with van der Waals surface area (Å²) < 4.78 is 0. The molecule has 4 heterocycles. The van der Waals surface area contributed by atoms with Crippen molar-refractivity contribution in [2.75, 3.05) is 0 Å². The van der Waals surface area contributed by atoms with Gasteiger partial charge in [0, 0.05) is 42.7 Å². The maximum Gasteiger partial charge on any atom is 0.253 e. The number of hydrogen-bond acceptors (Lipinski definition) is 8. The molecule has 0 spiro atoms. The monoisotopic (exact) mass is 598 g/mol. The maximum atomic E-state index is 12.7. The van der Waals surface area contributed by atoms with Gasteiger partial charge in [-0.25, -0.2) is 0 Å². The van der Waals surface area contributed by atoms with Crippen molar-refractivity contribution >= 4 is 77.9 Å². The summed E-state index contributed by atoms with van der Waals surface area (Å²) in [5.41, 5.74) is 2.75. The largest absolute Gasteiger partial charge is 0.347 e. The minimum absolute atomic E-state index is 0.142. The Balaban J connectivity index is 1.15. The summed E-state index contributed by atoms with van der Waals surface area (Å²) in [6.07, 6.45) is 3.26. The second-order valence-corrected chi connectivity index (χ2v) is 13.1. The Kier molecular flexibility index (Phi) is 8.10. The average molecular weight is 599 g/mol. The van der Waals surface area contributed by atoms with Crippen molar-refractivity contribution in [2.24, 2.45) is 0 Å².